The molecule has 0 aliphatic carbocycles. The Hall–Kier alpha value is -3.09. The van der Waals surface area contributed by atoms with Crippen molar-refractivity contribution in [2.75, 3.05) is 44.2 Å². The molecule has 1 N–H and O–H groups in total. The van der Waals surface area contributed by atoms with E-state index in [-0.39, 0.29) is 25.0 Å². The van der Waals surface area contributed by atoms with Gasteiger partial charge in [-0.3, -0.25) is 9.59 Å². The summed E-state index contributed by atoms with van der Waals surface area (Å²) in [7, 11) is 0. The summed E-state index contributed by atoms with van der Waals surface area (Å²) in [6, 6.07) is 13.3. The zero-order valence-electron chi connectivity index (χ0n) is 15.4. The van der Waals surface area contributed by atoms with Gasteiger partial charge in [0.05, 0.1) is 6.54 Å². The summed E-state index contributed by atoms with van der Waals surface area (Å²) in [6.45, 7) is 4.53. The van der Waals surface area contributed by atoms with Gasteiger partial charge in [-0.2, -0.15) is 0 Å². The van der Waals surface area contributed by atoms with E-state index in [1.807, 2.05) is 43.3 Å². The summed E-state index contributed by atoms with van der Waals surface area (Å²) in [5, 5.41) is 2.63. The molecule has 2 aromatic rings. The summed E-state index contributed by atoms with van der Waals surface area (Å²) in [4.78, 5) is 32.5. The van der Waals surface area contributed by atoms with E-state index < -0.39 is 0 Å². The average Bonchev–Trinajstić information content (AvgIpc) is 2.71. The summed E-state index contributed by atoms with van der Waals surface area (Å²) in [5.74, 6) is 1.17. The number of nitrogens with zero attached hydrogens (tertiary/aromatic N) is 3. The fourth-order valence-electron chi connectivity index (χ4n) is 2.92. The molecule has 0 atom stereocenters. The van der Waals surface area contributed by atoms with Gasteiger partial charge in [-0.25, -0.2) is 4.98 Å². The predicted molar refractivity (Wildman–Crippen MR) is 103 cm³/mol. The van der Waals surface area contributed by atoms with E-state index in [1.165, 1.54) is 0 Å². The Balaban J connectivity index is 1.37. The maximum absolute atomic E-state index is 12.3. The number of rotatable bonds is 6. The highest BCUT2D eigenvalue weighted by atomic mass is 16.5. The van der Waals surface area contributed by atoms with Crippen molar-refractivity contribution in [2.45, 2.75) is 6.92 Å². The van der Waals surface area contributed by atoms with Gasteiger partial charge in [-0.15, -0.1) is 0 Å². The van der Waals surface area contributed by atoms with Gasteiger partial charge in [0.1, 0.15) is 11.6 Å². The maximum Gasteiger partial charge on any atom is 0.258 e. The summed E-state index contributed by atoms with van der Waals surface area (Å²) >= 11 is 0. The molecule has 2 amide bonds. The molecule has 0 spiro atoms. The molecule has 1 aliphatic heterocycles. The van der Waals surface area contributed by atoms with Crippen LogP contribution in [-0.4, -0.2) is 61.0 Å². The molecule has 0 unspecified atom stereocenters. The molecule has 1 aromatic heterocycles. The van der Waals surface area contributed by atoms with E-state index in [1.54, 1.807) is 17.2 Å². The Bertz CT molecular complexity index is 774. The lowest BCUT2D eigenvalue weighted by molar-refractivity contribution is -0.133. The van der Waals surface area contributed by atoms with Crippen LogP contribution in [0.25, 0.3) is 0 Å². The van der Waals surface area contributed by atoms with Gasteiger partial charge in [-0.05, 0) is 36.8 Å². The Morgan fingerprint density at radius 3 is 2.63 bits per heavy atom. The number of anilines is 1. The average molecular weight is 368 g/mol. The molecule has 0 saturated carbocycles. The number of carbonyl (C=O) groups excluding carboxylic acids is 2. The first kappa shape index (κ1) is 18.7. The predicted octanol–water partition coefficient (Wildman–Crippen LogP) is 1.23. The minimum atomic E-state index is -0.308. The molecule has 1 fully saturated rings. The normalized spacial score (nSPS) is 14.0. The fourth-order valence-corrected chi connectivity index (χ4v) is 2.92. The first-order chi connectivity index (χ1) is 13.1. The van der Waals surface area contributed by atoms with E-state index >= 15 is 0 Å². The van der Waals surface area contributed by atoms with Crippen LogP contribution >= 0.6 is 0 Å². The van der Waals surface area contributed by atoms with Crippen molar-refractivity contribution in [1.82, 2.24) is 15.2 Å². The fraction of sp³-hybridized carbons (Fsp3) is 0.350. The van der Waals surface area contributed by atoms with E-state index in [0.717, 1.165) is 24.5 Å². The smallest absolute Gasteiger partial charge is 0.258 e. The van der Waals surface area contributed by atoms with Gasteiger partial charge < -0.3 is 19.9 Å². The van der Waals surface area contributed by atoms with E-state index in [0.29, 0.717) is 18.8 Å². The monoisotopic (exact) mass is 368 g/mol. The molecular weight excluding hydrogens is 344 g/mol. The molecule has 1 saturated heterocycles. The van der Waals surface area contributed by atoms with Crippen LogP contribution in [0.3, 0.4) is 0 Å². The molecule has 1 aromatic carbocycles. The number of ether oxygens (including phenoxy) is 1. The minimum absolute atomic E-state index is 0.0143. The van der Waals surface area contributed by atoms with Crippen LogP contribution in [-0.2, 0) is 9.59 Å². The molecule has 3 rings (SSSR count). The number of hydrogen-bond acceptors (Lipinski definition) is 5. The first-order valence-corrected chi connectivity index (χ1v) is 9.02. The van der Waals surface area contributed by atoms with E-state index in [9.17, 15) is 9.59 Å². The number of piperazine rings is 1. The van der Waals surface area contributed by atoms with Crippen molar-refractivity contribution >= 4 is 17.6 Å². The Kier molecular flexibility index (Phi) is 6.25. The molecule has 142 valence electrons. The van der Waals surface area contributed by atoms with Crippen LogP contribution in [0.5, 0.6) is 5.75 Å². The molecular formula is C20H24N4O3. The van der Waals surface area contributed by atoms with Crippen LogP contribution in [0.2, 0.25) is 0 Å². The summed E-state index contributed by atoms with van der Waals surface area (Å²) in [6.07, 6.45) is 1.77. The van der Waals surface area contributed by atoms with Crippen LogP contribution in [0, 0.1) is 6.92 Å². The number of aryl methyl sites for hydroxylation is 1. The zero-order valence-corrected chi connectivity index (χ0v) is 15.4. The van der Waals surface area contributed by atoms with Crippen molar-refractivity contribution in [3.05, 3.63) is 54.2 Å². The standard InChI is InChI=1S/C20H24N4O3/c1-16-5-4-6-17(13-16)27-15-19(25)22-14-20(26)24-11-9-23(10-12-24)18-7-2-3-8-21-18/h2-8,13H,9-12,14-15H2,1H3,(H,22,25). The lowest BCUT2D eigenvalue weighted by atomic mass is 10.2. The number of amides is 2. The number of hydrogen-bond donors (Lipinski definition) is 1. The number of carbonyl (C=O) groups is 2. The Morgan fingerprint density at radius 1 is 1.11 bits per heavy atom. The summed E-state index contributed by atoms with van der Waals surface area (Å²) in [5.41, 5.74) is 1.06. The Labute approximate surface area is 158 Å². The lowest BCUT2D eigenvalue weighted by Crippen LogP contribution is -2.51. The van der Waals surface area contributed by atoms with Crippen molar-refractivity contribution in [1.29, 1.82) is 0 Å². The third-order valence-electron chi connectivity index (χ3n) is 4.40. The summed E-state index contributed by atoms with van der Waals surface area (Å²) < 4.78 is 5.44. The first-order valence-electron chi connectivity index (χ1n) is 9.02. The second-order valence-electron chi connectivity index (χ2n) is 6.44. The van der Waals surface area contributed by atoms with Crippen LogP contribution < -0.4 is 15.0 Å². The van der Waals surface area contributed by atoms with E-state index in [2.05, 4.69) is 15.2 Å². The molecule has 7 heteroatoms. The maximum atomic E-state index is 12.3. The SMILES string of the molecule is Cc1cccc(OCC(=O)NCC(=O)N2CCN(c3ccccn3)CC2)c1. The van der Waals surface area contributed by atoms with Gasteiger partial charge in [0.25, 0.3) is 5.91 Å². The van der Waals surface area contributed by atoms with Crippen molar-refractivity contribution < 1.29 is 14.3 Å². The third kappa shape index (κ3) is 5.44. The zero-order chi connectivity index (χ0) is 19.1. The van der Waals surface area contributed by atoms with Gasteiger partial charge in [0.15, 0.2) is 6.61 Å². The third-order valence-corrected chi connectivity index (χ3v) is 4.40. The minimum Gasteiger partial charge on any atom is -0.484 e. The van der Waals surface area contributed by atoms with Gasteiger partial charge in [0.2, 0.25) is 5.91 Å². The van der Waals surface area contributed by atoms with Gasteiger partial charge in [-0.1, -0.05) is 18.2 Å². The topological polar surface area (TPSA) is 74.8 Å². The van der Waals surface area contributed by atoms with E-state index in [4.69, 9.17) is 4.74 Å². The van der Waals surface area contributed by atoms with Crippen LogP contribution in [0.15, 0.2) is 48.7 Å². The highest BCUT2D eigenvalue weighted by Gasteiger charge is 2.21. The van der Waals surface area contributed by atoms with Crippen molar-refractivity contribution in [2.24, 2.45) is 0 Å². The van der Waals surface area contributed by atoms with Gasteiger partial charge in [0, 0.05) is 32.4 Å². The largest absolute Gasteiger partial charge is 0.484 e. The number of aromatic nitrogens is 1. The molecule has 2 heterocycles. The molecule has 1 aliphatic rings. The van der Waals surface area contributed by atoms with Crippen molar-refractivity contribution in [3.63, 3.8) is 0 Å². The van der Waals surface area contributed by atoms with Crippen LogP contribution in [0.1, 0.15) is 5.56 Å². The molecule has 7 nitrogen and oxygen atoms in total. The second kappa shape index (κ2) is 9.02. The molecule has 0 bridgehead atoms. The molecule has 0 radical (unpaired) electrons. The van der Waals surface area contributed by atoms with Crippen molar-refractivity contribution in [3.8, 4) is 5.75 Å². The highest BCUT2D eigenvalue weighted by molar-refractivity contribution is 5.85. The quantitative estimate of drug-likeness (QED) is 0.830. The molecule has 27 heavy (non-hydrogen) atoms. The van der Waals surface area contributed by atoms with Crippen LogP contribution in [0.4, 0.5) is 5.82 Å². The lowest BCUT2D eigenvalue weighted by Gasteiger charge is -2.35. The Morgan fingerprint density at radius 2 is 1.93 bits per heavy atom. The highest BCUT2D eigenvalue weighted by Crippen LogP contribution is 2.13. The number of pyridine rings is 1. The number of benzene rings is 1. The number of nitrogens with one attached hydrogen (secondary N) is 1. The van der Waals surface area contributed by atoms with Gasteiger partial charge >= 0.3 is 0 Å². The second-order valence-corrected chi connectivity index (χ2v) is 6.44.